The van der Waals surface area contributed by atoms with Crippen LogP contribution in [0, 0.1) is 0 Å². The molecule has 0 aliphatic carbocycles. The van der Waals surface area contributed by atoms with Crippen LogP contribution in [0.1, 0.15) is 38.1 Å². The molecule has 1 aliphatic heterocycles. The van der Waals surface area contributed by atoms with Gasteiger partial charge in [-0.15, -0.1) is 10.2 Å². The Balaban J connectivity index is 1.69. The van der Waals surface area contributed by atoms with Gasteiger partial charge in [-0.2, -0.15) is 0 Å². The van der Waals surface area contributed by atoms with Crippen molar-refractivity contribution in [1.29, 1.82) is 0 Å². The van der Waals surface area contributed by atoms with Gasteiger partial charge >= 0.3 is 0 Å². The zero-order chi connectivity index (χ0) is 21.8. The molecule has 2 aromatic carbocycles. The normalized spacial score (nSPS) is 15.6. The van der Waals surface area contributed by atoms with Crippen LogP contribution in [0.3, 0.4) is 0 Å². The molecule has 1 aromatic heterocycles. The molecule has 31 heavy (non-hydrogen) atoms. The van der Waals surface area contributed by atoms with Crippen molar-refractivity contribution in [1.82, 2.24) is 10.2 Å². The summed E-state index contributed by atoms with van der Waals surface area (Å²) in [6.45, 7) is 5.23. The van der Waals surface area contributed by atoms with Crippen molar-refractivity contribution in [3.8, 4) is 28.7 Å². The highest BCUT2D eigenvalue weighted by Gasteiger charge is 2.41. The molecule has 7 heteroatoms. The third-order valence-corrected chi connectivity index (χ3v) is 5.60. The third kappa shape index (κ3) is 4.23. The predicted octanol–water partition coefficient (Wildman–Crippen LogP) is 4.64. The fraction of sp³-hybridized carbons (Fsp3) is 0.417. The molecule has 0 unspecified atom stereocenters. The van der Waals surface area contributed by atoms with E-state index in [1.54, 1.807) is 14.2 Å². The molecule has 0 atom stereocenters. The number of hydrogen-bond acceptors (Lipinski definition) is 7. The summed E-state index contributed by atoms with van der Waals surface area (Å²) in [5.74, 6) is 3.16. The first kappa shape index (κ1) is 21.2. The largest absolute Gasteiger partial charge is 0.497 e. The standard InChI is InChI=1S/C24H28N2O5/c1-16(2)30-20-10-5-17(15-21(20)28-4)22-25-26-23(31-22)24(11-13-29-14-12-24)18-6-8-19(27-3)9-7-18/h5-10,15-16H,11-14H2,1-4H3. The van der Waals surface area contributed by atoms with Gasteiger partial charge in [0.25, 0.3) is 0 Å². The summed E-state index contributed by atoms with van der Waals surface area (Å²) in [4.78, 5) is 0. The van der Waals surface area contributed by atoms with Gasteiger partial charge in [0.15, 0.2) is 11.5 Å². The van der Waals surface area contributed by atoms with Crippen LogP contribution in [-0.2, 0) is 10.2 Å². The lowest BCUT2D eigenvalue weighted by atomic mass is 9.74. The highest BCUT2D eigenvalue weighted by Crippen LogP contribution is 2.42. The van der Waals surface area contributed by atoms with E-state index in [9.17, 15) is 0 Å². The molecule has 1 fully saturated rings. The van der Waals surface area contributed by atoms with Crippen LogP contribution < -0.4 is 14.2 Å². The molecular weight excluding hydrogens is 396 g/mol. The third-order valence-electron chi connectivity index (χ3n) is 5.60. The Labute approximate surface area is 182 Å². The van der Waals surface area contributed by atoms with E-state index in [4.69, 9.17) is 23.4 Å². The van der Waals surface area contributed by atoms with Gasteiger partial charge < -0.3 is 23.4 Å². The minimum Gasteiger partial charge on any atom is -0.497 e. The van der Waals surface area contributed by atoms with E-state index in [2.05, 4.69) is 22.3 Å². The number of aromatic nitrogens is 2. The fourth-order valence-electron chi connectivity index (χ4n) is 3.94. The van der Waals surface area contributed by atoms with Crippen LogP contribution in [0.5, 0.6) is 17.2 Å². The number of benzene rings is 2. The molecule has 0 amide bonds. The van der Waals surface area contributed by atoms with Crippen LogP contribution in [0.15, 0.2) is 46.9 Å². The topological polar surface area (TPSA) is 75.8 Å². The number of ether oxygens (including phenoxy) is 4. The van der Waals surface area contributed by atoms with Gasteiger partial charge in [0.1, 0.15) is 5.75 Å². The molecule has 3 aromatic rings. The average Bonchev–Trinajstić information content (AvgIpc) is 3.30. The number of hydrogen-bond donors (Lipinski definition) is 0. The van der Waals surface area contributed by atoms with E-state index in [0.717, 1.165) is 29.7 Å². The first-order valence-electron chi connectivity index (χ1n) is 10.5. The quantitative estimate of drug-likeness (QED) is 0.547. The second kappa shape index (κ2) is 8.98. The summed E-state index contributed by atoms with van der Waals surface area (Å²) in [5, 5.41) is 8.81. The van der Waals surface area contributed by atoms with Crippen molar-refractivity contribution >= 4 is 0 Å². The van der Waals surface area contributed by atoms with Crippen molar-refractivity contribution in [2.24, 2.45) is 0 Å². The van der Waals surface area contributed by atoms with Gasteiger partial charge in [-0.25, -0.2) is 0 Å². The lowest BCUT2D eigenvalue weighted by molar-refractivity contribution is 0.0546. The van der Waals surface area contributed by atoms with E-state index in [-0.39, 0.29) is 11.5 Å². The molecular formula is C24H28N2O5. The zero-order valence-electron chi connectivity index (χ0n) is 18.4. The van der Waals surface area contributed by atoms with Crippen molar-refractivity contribution in [2.75, 3.05) is 27.4 Å². The van der Waals surface area contributed by atoms with Gasteiger partial charge in [0, 0.05) is 18.8 Å². The molecule has 0 N–H and O–H groups in total. The van der Waals surface area contributed by atoms with Crippen LogP contribution in [-0.4, -0.2) is 43.7 Å². The van der Waals surface area contributed by atoms with E-state index >= 15 is 0 Å². The minimum atomic E-state index is -0.388. The Morgan fingerprint density at radius 1 is 0.903 bits per heavy atom. The number of methoxy groups -OCH3 is 2. The predicted molar refractivity (Wildman–Crippen MR) is 116 cm³/mol. The molecule has 0 radical (unpaired) electrons. The van der Waals surface area contributed by atoms with Crippen molar-refractivity contribution in [3.63, 3.8) is 0 Å². The summed E-state index contributed by atoms with van der Waals surface area (Å²) >= 11 is 0. The van der Waals surface area contributed by atoms with Crippen molar-refractivity contribution < 1.29 is 23.4 Å². The first-order valence-corrected chi connectivity index (χ1v) is 10.5. The van der Waals surface area contributed by atoms with Gasteiger partial charge in [-0.1, -0.05) is 12.1 Å². The van der Waals surface area contributed by atoms with Crippen LogP contribution in [0.25, 0.3) is 11.5 Å². The smallest absolute Gasteiger partial charge is 0.247 e. The SMILES string of the molecule is COc1ccc(C2(c3nnc(-c4ccc(OC(C)C)c(OC)c4)o3)CCOCC2)cc1. The minimum absolute atomic E-state index is 0.0487. The van der Waals surface area contributed by atoms with Gasteiger partial charge in [0.2, 0.25) is 11.8 Å². The van der Waals surface area contributed by atoms with E-state index in [0.29, 0.717) is 36.5 Å². The van der Waals surface area contributed by atoms with E-state index in [1.165, 1.54) is 0 Å². The molecule has 0 saturated carbocycles. The van der Waals surface area contributed by atoms with Gasteiger partial charge in [0.05, 0.1) is 25.7 Å². The Bertz CT molecular complexity index is 1010. The lowest BCUT2D eigenvalue weighted by Gasteiger charge is -2.34. The maximum absolute atomic E-state index is 6.24. The second-order valence-electron chi connectivity index (χ2n) is 7.87. The monoisotopic (exact) mass is 424 g/mol. The Morgan fingerprint density at radius 2 is 1.65 bits per heavy atom. The highest BCUT2D eigenvalue weighted by atomic mass is 16.5. The number of nitrogens with zero attached hydrogens (tertiary/aromatic N) is 2. The van der Waals surface area contributed by atoms with Gasteiger partial charge in [-0.05, 0) is 62.6 Å². The van der Waals surface area contributed by atoms with Crippen molar-refractivity contribution in [3.05, 3.63) is 53.9 Å². The number of rotatable bonds is 7. The second-order valence-corrected chi connectivity index (χ2v) is 7.87. The Morgan fingerprint density at radius 3 is 2.29 bits per heavy atom. The molecule has 1 aliphatic rings. The molecule has 164 valence electrons. The zero-order valence-corrected chi connectivity index (χ0v) is 18.4. The first-order chi connectivity index (χ1) is 15.1. The van der Waals surface area contributed by atoms with Crippen LogP contribution >= 0.6 is 0 Å². The summed E-state index contributed by atoms with van der Waals surface area (Å²) in [5.41, 5.74) is 1.51. The average molecular weight is 424 g/mol. The molecule has 7 nitrogen and oxygen atoms in total. The highest BCUT2D eigenvalue weighted by molar-refractivity contribution is 5.59. The maximum atomic E-state index is 6.24. The molecule has 1 saturated heterocycles. The Hall–Kier alpha value is -3.06. The molecule has 0 bridgehead atoms. The summed E-state index contributed by atoms with van der Waals surface area (Å²) in [6, 6.07) is 13.7. The fourth-order valence-corrected chi connectivity index (χ4v) is 3.94. The maximum Gasteiger partial charge on any atom is 0.247 e. The van der Waals surface area contributed by atoms with E-state index < -0.39 is 0 Å². The van der Waals surface area contributed by atoms with Crippen LogP contribution in [0.2, 0.25) is 0 Å². The van der Waals surface area contributed by atoms with Crippen LogP contribution in [0.4, 0.5) is 0 Å². The van der Waals surface area contributed by atoms with Gasteiger partial charge in [-0.3, -0.25) is 0 Å². The summed E-state index contributed by atoms with van der Waals surface area (Å²) in [7, 11) is 3.28. The lowest BCUT2D eigenvalue weighted by Crippen LogP contribution is -2.35. The Kier molecular flexibility index (Phi) is 6.13. The summed E-state index contributed by atoms with van der Waals surface area (Å²) in [6.07, 6.45) is 1.59. The molecule has 0 spiro atoms. The molecule has 4 rings (SSSR count). The summed E-state index contributed by atoms with van der Waals surface area (Å²) < 4.78 is 28.5. The van der Waals surface area contributed by atoms with Crippen molar-refractivity contribution in [2.45, 2.75) is 38.2 Å². The molecule has 2 heterocycles. The van der Waals surface area contributed by atoms with E-state index in [1.807, 2.05) is 44.2 Å².